The van der Waals surface area contributed by atoms with Gasteiger partial charge in [0.1, 0.15) is 22.8 Å². The van der Waals surface area contributed by atoms with E-state index in [0.717, 1.165) is 45.3 Å². The molecule has 4 aliphatic heterocycles. The maximum atomic E-state index is 15.0. The molecule has 1 atom stereocenters. The van der Waals surface area contributed by atoms with Crippen molar-refractivity contribution in [2.24, 2.45) is 5.92 Å². The molecule has 48 heavy (non-hydrogen) atoms. The number of piperidine rings is 3. The van der Waals surface area contributed by atoms with E-state index in [9.17, 15) is 23.6 Å². The van der Waals surface area contributed by atoms with Crippen molar-refractivity contribution in [2.75, 3.05) is 37.7 Å². The monoisotopic (exact) mass is 676 g/mol. The van der Waals surface area contributed by atoms with Gasteiger partial charge in [0, 0.05) is 75.7 Å². The highest BCUT2D eigenvalue weighted by Gasteiger charge is 2.35. The van der Waals surface area contributed by atoms with Crippen LogP contribution in [0.1, 0.15) is 62.4 Å². The van der Waals surface area contributed by atoms with Crippen LogP contribution in [0.3, 0.4) is 0 Å². The fraction of sp³-hybridized carbons (Fsp3) is 0.514. The Morgan fingerprint density at radius 3 is 2.52 bits per heavy atom. The standard InChI is InChI=1S/C35H41FN6O5S/c1-21(43)40-10-6-22(7-11-40)19-47-26-15-28(36)33-29(16-26)37-31(38-35(33)46)20-48-27-8-12-41(13-9-27)25-3-2-23-17-42(18-24(23)14-25)30-4-5-32(44)39-34(30)45/h2-3,14-16,22,27,30H,4-13,17-20H2,1H3,(H,37,38,46)(H,39,44,45). The lowest BCUT2D eigenvalue weighted by atomic mass is 9.98. The van der Waals surface area contributed by atoms with Crippen LogP contribution in [0.2, 0.25) is 0 Å². The van der Waals surface area contributed by atoms with Crippen LogP contribution in [-0.2, 0) is 33.2 Å². The van der Waals surface area contributed by atoms with Crippen molar-refractivity contribution >= 4 is 46.1 Å². The smallest absolute Gasteiger partial charge is 0.261 e. The van der Waals surface area contributed by atoms with E-state index in [4.69, 9.17) is 4.74 Å². The fourth-order valence-corrected chi connectivity index (χ4v) is 8.43. The lowest BCUT2D eigenvalue weighted by Crippen LogP contribution is -2.50. The number of anilines is 1. The second-order valence-electron chi connectivity index (χ2n) is 13.4. The molecule has 3 fully saturated rings. The number of thioether (sulfide) groups is 1. The summed E-state index contributed by atoms with van der Waals surface area (Å²) in [5.74, 6) is 0.728. The molecule has 11 nitrogen and oxygen atoms in total. The van der Waals surface area contributed by atoms with Crippen LogP contribution in [0.4, 0.5) is 10.1 Å². The first kappa shape index (κ1) is 32.6. The summed E-state index contributed by atoms with van der Waals surface area (Å²) < 4.78 is 20.9. The molecule has 0 bridgehead atoms. The van der Waals surface area contributed by atoms with Crippen LogP contribution >= 0.6 is 11.8 Å². The molecule has 1 unspecified atom stereocenters. The number of amides is 3. The maximum absolute atomic E-state index is 15.0. The van der Waals surface area contributed by atoms with E-state index in [-0.39, 0.29) is 35.1 Å². The number of hydrogen-bond acceptors (Lipinski definition) is 9. The molecule has 1 aromatic heterocycles. The number of carbonyl (C=O) groups excluding carboxylic acids is 3. The van der Waals surface area contributed by atoms with Crippen LogP contribution in [0.15, 0.2) is 35.1 Å². The van der Waals surface area contributed by atoms with E-state index < -0.39 is 11.4 Å². The van der Waals surface area contributed by atoms with Gasteiger partial charge in [-0.1, -0.05) is 6.07 Å². The molecule has 0 saturated carbocycles. The summed E-state index contributed by atoms with van der Waals surface area (Å²) >= 11 is 1.76. The Kier molecular flexibility index (Phi) is 9.41. The summed E-state index contributed by atoms with van der Waals surface area (Å²) in [6.07, 6.45) is 4.60. The van der Waals surface area contributed by atoms with Gasteiger partial charge in [0.25, 0.3) is 5.56 Å². The third-order valence-electron chi connectivity index (χ3n) is 10.2. The molecule has 3 amide bonds. The van der Waals surface area contributed by atoms with Crippen LogP contribution in [0.25, 0.3) is 10.9 Å². The quantitative estimate of drug-likeness (QED) is 0.343. The number of aromatic amines is 1. The zero-order valence-electron chi connectivity index (χ0n) is 27.1. The number of likely N-dealkylation sites (tertiary alicyclic amines) is 1. The van der Waals surface area contributed by atoms with Crippen molar-refractivity contribution < 1.29 is 23.5 Å². The third kappa shape index (κ3) is 7.07. The van der Waals surface area contributed by atoms with E-state index >= 15 is 0 Å². The highest BCUT2D eigenvalue weighted by atomic mass is 32.2. The largest absolute Gasteiger partial charge is 0.493 e. The molecule has 254 valence electrons. The van der Waals surface area contributed by atoms with Crippen molar-refractivity contribution in [2.45, 2.75) is 75.6 Å². The maximum Gasteiger partial charge on any atom is 0.261 e. The number of hydrogen-bond donors (Lipinski definition) is 2. The summed E-state index contributed by atoms with van der Waals surface area (Å²) in [5.41, 5.74) is 3.46. The number of rotatable bonds is 8. The summed E-state index contributed by atoms with van der Waals surface area (Å²) in [7, 11) is 0. The lowest BCUT2D eigenvalue weighted by molar-refractivity contribution is -0.137. The van der Waals surface area contributed by atoms with Crippen LogP contribution in [0.5, 0.6) is 5.75 Å². The van der Waals surface area contributed by atoms with E-state index in [1.54, 1.807) is 24.8 Å². The van der Waals surface area contributed by atoms with Crippen molar-refractivity contribution in [1.29, 1.82) is 0 Å². The predicted molar refractivity (Wildman–Crippen MR) is 181 cm³/mol. The molecule has 3 saturated heterocycles. The van der Waals surface area contributed by atoms with Crippen LogP contribution < -0.4 is 20.5 Å². The van der Waals surface area contributed by atoms with Gasteiger partial charge in [-0.25, -0.2) is 9.37 Å². The number of fused-ring (bicyclic) bond motifs is 2. The van der Waals surface area contributed by atoms with Crippen LogP contribution in [0, 0.1) is 11.7 Å². The summed E-state index contributed by atoms with van der Waals surface area (Å²) in [6.45, 7) is 6.66. The van der Waals surface area contributed by atoms with Gasteiger partial charge in [0.05, 0.1) is 23.9 Å². The van der Waals surface area contributed by atoms with Gasteiger partial charge in [-0.2, -0.15) is 11.8 Å². The third-order valence-corrected chi connectivity index (χ3v) is 11.6. The second kappa shape index (κ2) is 13.9. The topological polar surface area (TPSA) is 128 Å². The number of nitrogens with one attached hydrogen (secondary N) is 2. The number of halogens is 1. The highest BCUT2D eigenvalue weighted by Crippen LogP contribution is 2.33. The first-order valence-electron chi connectivity index (χ1n) is 16.9. The Balaban J connectivity index is 0.918. The normalized spacial score (nSPS) is 21.1. The molecule has 0 radical (unpaired) electrons. The van der Waals surface area contributed by atoms with Gasteiger partial charge in [-0.3, -0.25) is 29.4 Å². The Labute approximate surface area is 282 Å². The molecular formula is C35H41FN6O5S. The fourth-order valence-electron chi connectivity index (χ4n) is 7.36. The Morgan fingerprint density at radius 2 is 1.77 bits per heavy atom. The van der Waals surface area contributed by atoms with Crippen molar-refractivity contribution in [3.63, 3.8) is 0 Å². The number of benzene rings is 2. The molecule has 13 heteroatoms. The number of H-pyrrole nitrogens is 1. The lowest BCUT2D eigenvalue weighted by Gasteiger charge is -2.33. The molecule has 0 spiro atoms. The molecule has 5 heterocycles. The van der Waals surface area contributed by atoms with Crippen molar-refractivity contribution in [1.82, 2.24) is 25.1 Å². The average molecular weight is 677 g/mol. The number of imide groups is 1. The minimum Gasteiger partial charge on any atom is -0.493 e. The molecule has 0 aliphatic carbocycles. The first-order valence-corrected chi connectivity index (χ1v) is 17.9. The number of aromatic nitrogens is 2. The number of carbonyl (C=O) groups is 3. The van der Waals surface area contributed by atoms with Crippen molar-refractivity contribution in [3.05, 3.63) is 63.5 Å². The van der Waals surface area contributed by atoms with Gasteiger partial charge in [0.15, 0.2) is 0 Å². The highest BCUT2D eigenvalue weighted by molar-refractivity contribution is 7.99. The number of ether oxygens (including phenoxy) is 1. The van der Waals surface area contributed by atoms with Gasteiger partial charge in [-0.05, 0) is 61.3 Å². The molecule has 3 aromatic rings. The zero-order valence-corrected chi connectivity index (χ0v) is 28.0. The van der Waals surface area contributed by atoms with Gasteiger partial charge in [-0.15, -0.1) is 0 Å². The van der Waals surface area contributed by atoms with E-state index in [0.29, 0.717) is 67.2 Å². The number of nitrogens with zero attached hydrogens (tertiary/aromatic N) is 4. The SMILES string of the molecule is CC(=O)N1CCC(COc2cc(F)c3c(=O)[nH]c(CSC4CCN(c5ccc6c(c5)CN(C5CCC(=O)NC5=O)C6)CC4)nc3c2)CC1. The summed E-state index contributed by atoms with van der Waals surface area (Å²) in [5, 5.41) is 2.82. The molecule has 4 aliphatic rings. The Morgan fingerprint density at radius 1 is 1.00 bits per heavy atom. The molecular weight excluding hydrogens is 635 g/mol. The summed E-state index contributed by atoms with van der Waals surface area (Å²) in [6, 6.07) is 9.21. The molecule has 7 rings (SSSR count). The zero-order chi connectivity index (χ0) is 33.4. The summed E-state index contributed by atoms with van der Waals surface area (Å²) in [4.78, 5) is 62.2. The molecule has 2 aromatic carbocycles. The minimum atomic E-state index is -0.649. The van der Waals surface area contributed by atoms with Gasteiger partial charge < -0.3 is 19.5 Å². The van der Waals surface area contributed by atoms with Crippen molar-refractivity contribution in [3.8, 4) is 5.75 Å². The Hall–Kier alpha value is -3.97. The first-order chi connectivity index (χ1) is 23.2. The van der Waals surface area contributed by atoms with E-state index in [1.165, 1.54) is 22.9 Å². The van der Waals surface area contributed by atoms with Gasteiger partial charge in [0.2, 0.25) is 17.7 Å². The predicted octanol–water partition coefficient (Wildman–Crippen LogP) is 3.72. The molecule has 2 N–H and O–H groups in total. The van der Waals surface area contributed by atoms with Gasteiger partial charge >= 0.3 is 0 Å². The van der Waals surface area contributed by atoms with E-state index in [1.807, 2.05) is 4.90 Å². The second-order valence-corrected chi connectivity index (χ2v) is 14.7. The van der Waals surface area contributed by atoms with E-state index in [2.05, 4.69) is 43.3 Å². The Bertz CT molecular complexity index is 1790. The minimum absolute atomic E-state index is 0.0613. The average Bonchev–Trinajstić information content (AvgIpc) is 3.50. The van der Waals surface area contributed by atoms with Crippen LogP contribution in [-0.4, -0.2) is 81.6 Å².